The zero-order valence-corrected chi connectivity index (χ0v) is 9.67. The second-order valence-electron chi connectivity index (χ2n) is 4.18. The van der Waals surface area contributed by atoms with Gasteiger partial charge in [-0.05, 0) is 12.0 Å². The summed E-state index contributed by atoms with van der Waals surface area (Å²) in [4.78, 5) is 10.9. The summed E-state index contributed by atoms with van der Waals surface area (Å²) >= 11 is 4.91. The van der Waals surface area contributed by atoms with Crippen LogP contribution in [0.15, 0.2) is 30.3 Å². The van der Waals surface area contributed by atoms with Gasteiger partial charge in [0.25, 0.3) is 0 Å². The molecule has 1 aromatic carbocycles. The molecule has 0 bridgehead atoms. The summed E-state index contributed by atoms with van der Waals surface area (Å²) in [6.45, 7) is 3.72. The topological polar surface area (TPSA) is 37.3 Å². The summed E-state index contributed by atoms with van der Waals surface area (Å²) in [6.07, 6.45) is 0.652. The molecule has 0 amide bonds. The zero-order chi connectivity index (χ0) is 11.5. The van der Waals surface area contributed by atoms with Gasteiger partial charge < -0.3 is 5.11 Å². The molecule has 0 atom stereocenters. The SMILES string of the molecule is CC(C)(Cc1ccccc1)C(=S)C(=O)O. The van der Waals surface area contributed by atoms with Gasteiger partial charge in [0.1, 0.15) is 4.86 Å². The fourth-order valence-electron chi connectivity index (χ4n) is 1.48. The molecule has 0 radical (unpaired) electrons. The van der Waals surface area contributed by atoms with E-state index in [0.717, 1.165) is 5.56 Å². The van der Waals surface area contributed by atoms with E-state index in [4.69, 9.17) is 17.3 Å². The van der Waals surface area contributed by atoms with Crippen molar-refractivity contribution in [3.05, 3.63) is 35.9 Å². The number of carboxylic acids is 1. The minimum Gasteiger partial charge on any atom is -0.477 e. The number of hydrogen-bond donors (Lipinski definition) is 1. The minimum atomic E-state index is -0.995. The number of carboxylic acid groups (broad SMARTS) is 1. The van der Waals surface area contributed by atoms with Crippen molar-refractivity contribution >= 4 is 23.1 Å². The van der Waals surface area contributed by atoms with Gasteiger partial charge in [0.2, 0.25) is 0 Å². The van der Waals surface area contributed by atoms with E-state index in [-0.39, 0.29) is 4.86 Å². The van der Waals surface area contributed by atoms with Crippen molar-refractivity contribution in [2.75, 3.05) is 0 Å². The molecule has 0 saturated carbocycles. The summed E-state index contributed by atoms with van der Waals surface area (Å²) in [6, 6.07) is 9.77. The first-order chi connectivity index (χ1) is 6.93. The van der Waals surface area contributed by atoms with Crippen LogP contribution in [0.4, 0.5) is 0 Å². The van der Waals surface area contributed by atoms with Gasteiger partial charge in [-0.3, -0.25) is 0 Å². The standard InChI is InChI=1S/C12H14O2S/c1-12(2,10(15)11(13)14)8-9-6-4-3-5-7-9/h3-7H,8H2,1-2H3,(H,13,14). The van der Waals surface area contributed by atoms with Gasteiger partial charge in [-0.25, -0.2) is 4.79 Å². The van der Waals surface area contributed by atoms with Crippen LogP contribution in [0.5, 0.6) is 0 Å². The third kappa shape index (κ3) is 3.13. The largest absolute Gasteiger partial charge is 0.477 e. The van der Waals surface area contributed by atoms with E-state index in [1.165, 1.54) is 0 Å². The molecular weight excluding hydrogens is 208 g/mol. The predicted molar refractivity (Wildman–Crippen MR) is 64.2 cm³/mol. The number of thiocarbonyl (C=S) groups is 1. The molecule has 0 unspecified atom stereocenters. The van der Waals surface area contributed by atoms with Crippen LogP contribution in [0.3, 0.4) is 0 Å². The van der Waals surface area contributed by atoms with Crippen molar-refractivity contribution in [3.8, 4) is 0 Å². The van der Waals surface area contributed by atoms with E-state index < -0.39 is 11.4 Å². The molecule has 80 valence electrons. The maximum Gasteiger partial charge on any atom is 0.343 e. The van der Waals surface area contributed by atoms with E-state index in [1.54, 1.807) is 0 Å². The predicted octanol–water partition coefficient (Wildman–Crippen LogP) is 2.71. The van der Waals surface area contributed by atoms with Crippen LogP contribution < -0.4 is 0 Å². The highest BCUT2D eigenvalue weighted by atomic mass is 32.1. The van der Waals surface area contributed by atoms with E-state index in [1.807, 2.05) is 44.2 Å². The van der Waals surface area contributed by atoms with Gasteiger partial charge in [-0.1, -0.05) is 56.4 Å². The number of rotatable bonds is 4. The molecular formula is C12H14O2S. The van der Waals surface area contributed by atoms with E-state index in [0.29, 0.717) is 6.42 Å². The first-order valence-electron chi connectivity index (χ1n) is 4.75. The summed E-state index contributed by atoms with van der Waals surface area (Å²) in [7, 11) is 0. The van der Waals surface area contributed by atoms with Crippen molar-refractivity contribution < 1.29 is 9.90 Å². The zero-order valence-electron chi connectivity index (χ0n) is 8.86. The molecule has 1 aromatic rings. The van der Waals surface area contributed by atoms with Crippen LogP contribution in [0.1, 0.15) is 19.4 Å². The van der Waals surface area contributed by atoms with Crippen LogP contribution >= 0.6 is 12.2 Å². The minimum absolute atomic E-state index is 0.0892. The normalized spacial score (nSPS) is 11.1. The van der Waals surface area contributed by atoms with Crippen molar-refractivity contribution in [2.45, 2.75) is 20.3 Å². The Hall–Kier alpha value is -1.22. The average molecular weight is 222 g/mol. The Kier molecular flexibility index (Phi) is 3.58. The van der Waals surface area contributed by atoms with Gasteiger partial charge in [-0.2, -0.15) is 0 Å². The summed E-state index contributed by atoms with van der Waals surface area (Å²) in [5, 5.41) is 8.85. The molecule has 0 aromatic heterocycles. The highest BCUT2D eigenvalue weighted by molar-refractivity contribution is 7.82. The third-order valence-electron chi connectivity index (χ3n) is 2.30. The Labute approximate surface area is 94.9 Å². The molecule has 0 aliphatic carbocycles. The molecule has 0 fully saturated rings. The van der Waals surface area contributed by atoms with Gasteiger partial charge >= 0.3 is 5.97 Å². The fraction of sp³-hybridized carbons (Fsp3) is 0.333. The molecule has 2 nitrogen and oxygen atoms in total. The van der Waals surface area contributed by atoms with Crippen molar-refractivity contribution in [1.82, 2.24) is 0 Å². The molecule has 15 heavy (non-hydrogen) atoms. The Balaban J connectivity index is 2.81. The first kappa shape index (κ1) is 11.9. The van der Waals surface area contributed by atoms with Crippen LogP contribution in [0, 0.1) is 5.41 Å². The summed E-state index contributed by atoms with van der Waals surface area (Å²) < 4.78 is 0. The van der Waals surface area contributed by atoms with Gasteiger partial charge in [0.05, 0.1) is 0 Å². The fourth-order valence-corrected chi connectivity index (χ4v) is 1.55. The van der Waals surface area contributed by atoms with Gasteiger partial charge in [0, 0.05) is 5.41 Å². The highest BCUT2D eigenvalue weighted by Gasteiger charge is 2.28. The number of hydrogen-bond acceptors (Lipinski definition) is 2. The monoisotopic (exact) mass is 222 g/mol. The third-order valence-corrected chi connectivity index (χ3v) is 3.03. The van der Waals surface area contributed by atoms with E-state index in [9.17, 15) is 4.79 Å². The lowest BCUT2D eigenvalue weighted by Crippen LogP contribution is -2.31. The van der Waals surface area contributed by atoms with Crippen LogP contribution in [-0.2, 0) is 11.2 Å². The molecule has 1 N–H and O–H groups in total. The quantitative estimate of drug-likeness (QED) is 0.796. The Morgan fingerprint density at radius 3 is 2.33 bits per heavy atom. The van der Waals surface area contributed by atoms with Crippen LogP contribution in [0.25, 0.3) is 0 Å². The molecule has 0 aliphatic heterocycles. The second-order valence-corrected chi connectivity index (χ2v) is 4.59. The maximum absolute atomic E-state index is 10.8. The average Bonchev–Trinajstić information content (AvgIpc) is 2.17. The molecule has 3 heteroatoms. The van der Waals surface area contributed by atoms with Crippen molar-refractivity contribution in [2.24, 2.45) is 5.41 Å². The van der Waals surface area contributed by atoms with Gasteiger partial charge in [-0.15, -0.1) is 0 Å². The smallest absolute Gasteiger partial charge is 0.343 e. The number of carbonyl (C=O) groups is 1. The van der Waals surface area contributed by atoms with E-state index >= 15 is 0 Å². The molecule has 1 rings (SSSR count). The first-order valence-corrected chi connectivity index (χ1v) is 5.16. The second kappa shape index (κ2) is 4.53. The number of aliphatic carboxylic acids is 1. The van der Waals surface area contributed by atoms with Crippen molar-refractivity contribution in [1.29, 1.82) is 0 Å². The lowest BCUT2D eigenvalue weighted by atomic mass is 9.82. The maximum atomic E-state index is 10.8. The van der Waals surface area contributed by atoms with Crippen molar-refractivity contribution in [3.63, 3.8) is 0 Å². The molecule has 0 saturated heterocycles. The van der Waals surface area contributed by atoms with Crippen LogP contribution in [0.2, 0.25) is 0 Å². The lowest BCUT2D eigenvalue weighted by molar-refractivity contribution is -0.129. The summed E-state index contributed by atoms with van der Waals surface area (Å²) in [5.41, 5.74) is 0.619. The molecule has 0 heterocycles. The lowest BCUT2D eigenvalue weighted by Gasteiger charge is -2.23. The van der Waals surface area contributed by atoms with E-state index in [2.05, 4.69) is 0 Å². The Morgan fingerprint density at radius 1 is 1.33 bits per heavy atom. The van der Waals surface area contributed by atoms with Crippen LogP contribution in [-0.4, -0.2) is 15.9 Å². The Morgan fingerprint density at radius 2 is 1.87 bits per heavy atom. The molecule has 0 spiro atoms. The van der Waals surface area contributed by atoms with Gasteiger partial charge in [0.15, 0.2) is 0 Å². The molecule has 0 aliphatic rings. The Bertz CT molecular complexity index is 368. The summed E-state index contributed by atoms with van der Waals surface area (Å²) in [5.74, 6) is -0.995. The number of benzene rings is 1. The highest BCUT2D eigenvalue weighted by Crippen LogP contribution is 2.24.